The maximum absolute atomic E-state index is 12.0. The van der Waals surface area contributed by atoms with E-state index in [0.29, 0.717) is 6.04 Å². The van der Waals surface area contributed by atoms with E-state index in [-0.39, 0.29) is 11.6 Å². The lowest BCUT2D eigenvalue weighted by Gasteiger charge is -2.43. The summed E-state index contributed by atoms with van der Waals surface area (Å²) in [5.41, 5.74) is -0.502. The third-order valence-corrected chi connectivity index (χ3v) is 4.66. The van der Waals surface area contributed by atoms with Gasteiger partial charge in [0.15, 0.2) is 0 Å². The molecular weight excluding hydrogens is 264 g/mol. The van der Waals surface area contributed by atoms with Crippen molar-refractivity contribution in [3.05, 3.63) is 0 Å². The minimum absolute atomic E-state index is 0.0748. The molecule has 122 valence electrons. The number of hydrogen-bond donors (Lipinski definition) is 2. The van der Waals surface area contributed by atoms with Crippen LogP contribution in [0.15, 0.2) is 0 Å². The summed E-state index contributed by atoms with van der Waals surface area (Å²) in [5.74, 6) is 0. The second-order valence-electron chi connectivity index (χ2n) is 7.83. The molecule has 2 N–H and O–H groups in total. The van der Waals surface area contributed by atoms with E-state index in [9.17, 15) is 4.79 Å². The highest BCUT2D eigenvalue weighted by Gasteiger charge is 2.39. The third-order valence-electron chi connectivity index (χ3n) is 4.66. The number of carbonyl (C=O) groups excluding carboxylic acids is 1. The van der Waals surface area contributed by atoms with Gasteiger partial charge in [0.25, 0.3) is 0 Å². The van der Waals surface area contributed by atoms with Crippen LogP contribution >= 0.6 is 0 Å². The van der Waals surface area contributed by atoms with Crippen LogP contribution in [0.1, 0.15) is 78.6 Å². The molecule has 21 heavy (non-hydrogen) atoms. The van der Waals surface area contributed by atoms with Crippen LogP contribution in [0.2, 0.25) is 0 Å². The van der Waals surface area contributed by atoms with Crippen molar-refractivity contribution in [1.29, 1.82) is 0 Å². The van der Waals surface area contributed by atoms with Crippen LogP contribution in [-0.2, 0) is 4.74 Å². The lowest BCUT2D eigenvalue weighted by molar-refractivity contribution is 0.0378. The van der Waals surface area contributed by atoms with Crippen molar-refractivity contribution in [3.63, 3.8) is 0 Å². The Hall–Kier alpha value is -0.770. The monoisotopic (exact) mass is 296 g/mol. The largest absolute Gasteiger partial charge is 0.444 e. The molecule has 0 heterocycles. The molecule has 2 rings (SSSR count). The molecule has 2 saturated carbocycles. The zero-order valence-corrected chi connectivity index (χ0v) is 14.0. The lowest BCUT2D eigenvalue weighted by Crippen LogP contribution is -2.60. The van der Waals surface area contributed by atoms with Gasteiger partial charge in [0.2, 0.25) is 0 Å². The summed E-state index contributed by atoms with van der Waals surface area (Å²) in [6.07, 6.45) is 11.0. The Kier molecular flexibility index (Phi) is 5.53. The van der Waals surface area contributed by atoms with Gasteiger partial charge in [-0.05, 0) is 52.9 Å². The first-order valence-electron chi connectivity index (χ1n) is 8.63. The fraction of sp³-hybridized carbons (Fsp3) is 0.941. The molecule has 0 unspecified atom stereocenters. The van der Waals surface area contributed by atoms with Gasteiger partial charge in [-0.2, -0.15) is 0 Å². The van der Waals surface area contributed by atoms with Crippen molar-refractivity contribution < 1.29 is 9.53 Å². The second-order valence-corrected chi connectivity index (χ2v) is 7.83. The predicted molar refractivity (Wildman–Crippen MR) is 85.4 cm³/mol. The summed E-state index contributed by atoms with van der Waals surface area (Å²) in [6, 6.07) is 0.630. The number of hydrogen-bond acceptors (Lipinski definition) is 3. The smallest absolute Gasteiger partial charge is 0.408 e. The molecular formula is C17H32N2O2. The van der Waals surface area contributed by atoms with Gasteiger partial charge in [-0.15, -0.1) is 0 Å². The molecule has 2 aliphatic carbocycles. The Bertz CT molecular complexity index is 337. The maximum atomic E-state index is 12.0. The SMILES string of the molecule is CC(C)(C)OC(=O)NC1(CNC2CCCCCC2)CCC1. The minimum Gasteiger partial charge on any atom is -0.444 e. The molecule has 4 heteroatoms. The number of amides is 1. The van der Waals surface area contributed by atoms with Crippen LogP contribution in [-0.4, -0.2) is 29.8 Å². The molecule has 2 aliphatic rings. The van der Waals surface area contributed by atoms with Crippen LogP contribution in [0.4, 0.5) is 4.79 Å². The zero-order chi connectivity index (χ0) is 15.3. The first kappa shape index (κ1) is 16.6. The van der Waals surface area contributed by atoms with Gasteiger partial charge in [0, 0.05) is 12.6 Å². The Morgan fingerprint density at radius 1 is 1.10 bits per heavy atom. The summed E-state index contributed by atoms with van der Waals surface area (Å²) < 4.78 is 5.40. The quantitative estimate of drug-likeness (QED) is 0.777. The number of rotatable bonds is 4. The first-order valence-corrected chi connectivity index (χ1v) is 8.63. The molecule has 0 aromatic rings. The van der Waals surface area contributed by atoms with E-state index in [1.54, 1.807) is 0 Å². The molecule has 0 atom stereocenters. The number of alkyl carbamates (subject to hydrolysis) is 1. The highest BCUT2D eigenvalue weighted by Crippen LogP contribution is 2.32. The average Bonchev–Trinajstić information content (AvgIpc) is 2.58. The molecule has 0 aliphatic heterocycles. The highest BCUT2D eigenvalue weighted by atomic mass is 16.6. The van der Waals surface area contributed by atoms with Crippen LogP contribution in [0.25, 0.3) is 0 Å². The van der Waals surface area contributed by atoms with Gasteiger partial charge < -0.3 is 15.4 Å². The van der Waals surface area contributed by atoms with E-state index in [1.807, 2.05) is 20.8 Å². The van der Waals surface area contributed by atoms with E-state index in [1.165, 1.54) is 44.9 Å². The van der Waals surface area contributed by atoms with Crippen molar-refractivity contribution in [2.45, 2.75) is 95.7 Å². The fourth-order valence-electron chi connectivity index (χ4n) is 3.29. The van der Waals surface area contributed by atoms with E-state index in [4.69, 9.17) is 4.74 Å². The number of carbonyl (C=O) groups is 1. The van der Waals surface area contributed by atoms with E-state index < -0.39 is 5.60 Å². The van der Waals surface area contributed by atoms with Gasteiger partial charge >= 0.3 is 6.09 Å². The Morgan fingerprint density at radius 3 is 2.19 bits per heavy atom. The topological polar surface area (TPSA) is 50.4 Å². The minimum atomic E-state index is -0.427. The molecule has 0 aromatic heterocycles. The molecule has 1 amide bonds. The van der Waals surface area contributed by atoms with Crippen molar-refractivity contribution in [2.24, 2.45) is 0 Å². The van der Waals surface area contributed by atoms with Crippen molar-refractivity contribution in [2.75, 3.05) is 6.54 Å². The van der Waals surface area contributed by atoms with E-state index in [0.717, 1.165) is 19.4 Å². The van der Waals surface area contributed by atoms with Crippen molar-refractivity contribution >= 4 is 6.09 Å². The van der Waals surface area contributed by atoms with Crippen molar-refractivity contribution in [3.8, 4) is 0 Å². The van der Waals surface area contributed by atoms with Gasteiger partial charge in [-0.1, -0.05) is 25.7 Å². The summed E-state index contributed by atoms with van der Waals surface area (Å²) in [5, 5.41) is 6.82. The molecule has 0 spiro atoms. The predicted octanol–water partition coefficient (Wildman–Crippen LogP) is 3.75. The van der Waals surface area contributed by atoms with E-state index >= 15 is 0 Å². The summed E-state index contributed by atoms with van der Waals surface area (Å²) in [4.78, 5) is 12.0. The van der Waals surface area contributed by atoms with Gasteiger partial charge in [0.05, 0.1) is 5.54 Å². The van der Waals surface area contributed by atoms with Crippen molar-refractivity contribution in [1.82, 2.24) is 10.6 Å². The Morgan fingerprint density at radius 2 is 1.71 bits per heavy atom. The summed E-state index contributed by atoms with van der Waals surface area (Å²) >= 11 is 0. The van der Waals surface area contributed by atoms with Crippen LogP contribution in [0.3, 0.4) is 0 Å². The fourth-order valence-corrected chi connectivity index (χ4v) is 3.29. The molecule has 0 bridgehead atoms. The van der Waals surface area contributed by atoms with Crippen LogP contribution < -0.4 is 10.6 Å². The second kappa shape index (κ2) is 6.99. The van der Waals surface area contributed by atoms with Gasteiger partial charge in [-0.25, -0.2) is 4.79 Å². The Labute approximate surface area is 129 Å². The Balaban J connectivity index is 1.79. The average molecular weight is 296 g/mol. The standard InChI is InChI=1S/C17H32N2O2/c1-16(2,3)21-15(20)19-17(11-8-12-17)13-18-14-9-6-4-5-7-10-14/h14,18H,4-13H2,1-3H3,(H,19,20). The highest BCUT2D eigenvalue weighted by molar-refractivity contribution is 5.69. The van der Waals surface area contributed by atoms with E-state index in [2.05, 4.69) is 10.6 Å². The lowest BCUT2D eigenvalue weighted by atomic mass is 9.76. The summed E-state index contributed by atoms with van der Waals surface area (Å²) in [6.45, 7) is 6.61. The zero-order valence-electron chi connectivity index (χ0n) is 14.0. The maximum Gasteiger partial charge on any atom is 0.408 e. The molecule has 0 saturated heterocycles. The molecule has 4 nitrogen and oxygen atoms in total. The molecule has 0 aromatic carbocycles. The molecule has 0 radical (unpaired) electrons. The molecule has 2 fully saturated rings. The third kappa shape index (κ3) is 5.50. The number of ether oxygens (including phenoxy) is 1. The summed E-state index contributed by atoms with van der Waals surface area (Å²) in [7, 11) is 0. The van der Waals surface area contributed by atoms with Crippen LogP contribution in [0, 0.1) is 0 Å². The normalized spacial score (nSPS) is 23.0. The van der Waals surface area contributed by atoms with Gasteiger partial charge in [-0.3, -0.25) is 0 Å². The van der Waals surface area contributed by atoms with Gasteiger partial charge in [0.1, 0.15) is 5.60 Å². The van der Waals surface area contributed by atoms with Crippen LogP contribution in [0.5, 0.6) is 0 Å². The first-order chi connectivity index (χ1) is 9.89. The number of nitrogens with one attached hydrogen (secondary N) is 2.